The largest absolute Gasteiger partial charge is 0.496 e. The Bertz CT molecular complexity index is 4290. The molecule has 0 atom stereocenters. The van der Waals surface area contributed by atoms with E-state index in [1.54, 1.807) is 28.4 Å². The molecule has 0 radical (unpaired) electrons. The summed E-state index contributed by atoms with van der Waals surface area (Å²) in [4.78, 5) is 14.6. The van der Waals surface area contributed by atoms with Crippen LogP contribution in [0.4, 0.5) is 0 Å². The van der Waals surface area contributed by atoms with Gasteiger partial charge >= 0.3 is 0 Å². The van der Waals surface area contributed by atoms with E-state index in [4.69, 9.17) is 28.9 Å². The molecule has 11 aromatic rings. The van der Waals surface area contributed by atoms with Gasteiger partial charge < -0.3 is 28.5 Å². The van der Waals surface area contributed by atoms with Gasteiger partial charge in [-0.2, -0.15) is 0 Å². The minimum atomic E-state index is 0.668. The molecular formula is C64H46N4O4. The Morgan fingerprint density at radius 3 is 1.31 bits per heavy atom. The molecule has 0 unspecified atom stereocenters. The second-order valence-corrected chi connectivity index (χ2v) is 18.0. The van der Waals surface area contributed by atoms with Crippen molar-refractivity contribution in [1.82, 2.24) is 19.5 Å². The van der Waals surface area contributed by atoms with Crippen molar-refractivity contribution in [2.45, 2.75) is 0 Å². The van der Waals surface area contributed by atoms with Gasteiger partial charge in [-0.1, -0.05) is 121 Å². The maximum Gasteiger partial charge on any atom is 0.143 e. The first-order valence-electron chi connectivity index (χ1n) is 23.9. The van der Waals surface area contributed by atoms with Crippen molar-refractivity contribution < 1.29 is 18.9 Å². The van der Waals surface area contributed by atoms with E-state index in [-0.39, 0.29) is 0 Å². The minimum absolute atomic E-state index is 0.668. The van der Waals surface area contributed by atoms with Crippen LogP contribution in [-0.4, -0.2) is 48.0 Å². The van der Waals surface area contributed by atoms with Gasteiger partial charge in [-0.05, 0) is 117 Å². The van der Waals surface area contributed by atoms with E-state index in [1.807, 2.05) is 0 Å². The van der Waals surface area contributed by atoms with Crippen molar-refractivity contribution in [3.63, 3.8) is 0 Å². The van der Waals surface area contributed by atoms with Crippen LogP contribution in [-0.2, 0) is 0 Å². The number of benzene rings is 8. The molecule has 0 saturated heterocycles. The summed E-state index contributed by atoms with van der Waals surface area (Å²) in [5.74, 6) is 2.74. The Balaban J connectivity index is 1.46. The van der Waals surface area contributed by atoms with Gasteiger partial charge in [0.2, 0.25) is 0 Å². The maximum absolute atomic E-state index is 6.62. The van der Waals surface area contributed by atoms with Crippen molar-refractivity contribution in [2.75, 3.05) is 28.4 Å². The molecule has 2 aliphatic rings. The maximum atomic E-state index is 6.62. The summed E-state index contributed by atoms with van der Waals surface area (Å²) in [5, 5.41) is 8.15. The minimum Gasteiger partial charge on any atom is -0.496 e. The molecule has 346 valence electrons. The summed E-state index contributed by atoms with van der Waals surface area (Å²) < 4.78 is 28.7. The summed E-state index contributed by atoms with van der Waals surface area (Å²) >= 11 is 0. The van der Waals surface area contributed by atoms with Crippen molar-refractivity contribution in [3.8, 4) is 62.1 Å². The standard InChI is InChI=1S/C64H46N4O4/c1-69-53-31-21-38-13-5-9-17-47(38)57(53)60-51-30-29-45(67-51)36-44-26-25-42(65-44)35-43-27-28-46(66-43)37-52-61(58-48-18-10-6-14-39(48)22-32-54(58)70-2)62(59-49-19-11-7-15-40(49)23-33-55(59)71-3)64(60)68(52)63-50-20-12-8-16-41(50)24-34-56(63)72-4/h5-37,65H,1-4H3. The molecule has 8 bridgehead atoms. The second-order valence-electron chi connectivity index (χ2n) is 18.0. The number of methoxy groups -OCH3 is 4. The number of nitrogens with zero attached hydrogens (tertiary/aromatic N) is 3. The number of nitrogens with one attached hydrogen (secondary N) is 1. The van der Waals surface area contributed by atoms with Crippen LogP contribution < -0.4 is 18.9 Å². The Kier molecular flexibility index (Phi) is 10.2. The summed E-state index contributed by atoms with van der Waals surface area (Å²) in [6.45, 7) is 0. The third-order valence-electron chi connectivity index (χ3n) is 14.1. The first-order chi connectivity index (χ1) is 35.5. The first-order valence-corrected chi connectivity index (χ1v) is 23.9. The molecule has 5 heterocycles. The summed E-state index contributed by atoms with van der Waals surface area (Å²) in [7, 11) is 6.99. The molecule has 1 N–H and O–H groups in total. The molecule has 0 amide bonds. The van der Waals surface area contributed by atoms with Gasteiger partial charge in [0.15, 0.2) is 0 Å². The normalized spacial score (nSPS) is 12.1. The molecule has 8 nitrogen and oxygen atoms in total. The van der Waals surface area contributed by atoms with Crippen LogP contribution in [0, 0.1) is 0 Å². The molecule has 0 spiro atoms. The van der Waals surface area contributed by atoms with Crippen LogP contribution in [0.3, 0.4) is 0 Å². The van der Waals surface area contributed by atoms with Crippen LogP contribution in [0.15, 0.2) is 176 Å². The lowest BCUT2D eigenvalue weighted by Crippen LogP contribution is -2.02. The Morgan fingerprint density at radius 1 is 0.361 bits per heavy atom. The summed E-state index contributed by atoms with van der Waals surface area (Å²) in [5.41, 5.74) is 12.7. The van der Waals surface area contributed by atoms with E-state index < -0.39 is 0 Å². The summed E-state index contributed by atoms with van der Waals surface area (Å²) in [6.07, 6.45) is 8.37. The van der Waals surface area contributed by atoms with Crippen molar-refractivity contribution in [3.05, 3.63) is 199 Å². The van der Waals surface area contributed by atoms with Crippen molar-refractivity contribution in [2.24, 2.45) is 0 Å². The number of fused-ring (bicyclic) bond motifs is 12. The topological polar surface area (TPSA) is 83.4 Å². The van der Waals surface area contributed by atoms with Gasteiger partial charge in [0.25, 0.3) is 0 Å². The van der Waals surface area contributed by atoms with E-state index in [0.29, 0.717) is 23.0 Å². The lowest BCUT2D eigenvalue weighted by atomic mass is 9.87. The van der Waals surface area contributed by atoms with Crippen LogP contribution in [0.2, 0.25) is 0 Å². The van der Waals surface area contributed by atoms with Crippen molar-refractivity contribution >= 4 is 89.5 Å². The highest BCUT2D eigenvalue weighted by Gasteiger charge is 2.33. The first kappa shape index (κ1) is 42.7. The zero-order valence-electron chi connectivity index (χ0n) is 40.0. The zero-order chi connectivity index (χ0) is 48.5. The third kappa shape index (κ3) is 6.82. The number of ether oxygens (including phenoxy) is 4. The number of aromatic nitrogens is 4. The Morgan fingerprint density at radius 2 is 0.778 bits per heavy atom. The van der Waals surface area contributed by atoms with E-state index in [0.717, 1.165) is 127 Å². The predicted octanol–water partition coefficient (Wildman–Crippen LogP) is 15.8. The quantitative estimate of drug-likeness (QED) is 0.163. The van der Waals surface area contributed by atoms with Gasteiger partial charge in [0.1, 0.15) is 23.0 Å². The molecule has 0 fully saturated rings. The average Bonchev–Trinajstić information content (AvgIpc) is 4.25. The van der Waals surface area contributed by atoms with Crippen molar-refractivity contribution in [1.29, 1.82) is 0 Å². The van der Waals surface area contributed by atoms with Crippen LogP contribution >= 0.6 is 0 Å². The molecule has 2 aliphatic heterocycles. The van der Waals surface area contributed by atoms with Crippen LogP contribution in [0.5, 0.6) is 23.0 Å². The smallest absolute Gasteiger partial charge is 0.143 e. The van der Waals surface area contributed by atoms with E-state index in [2.05, 4.69) is 210 Å². The van der Waals surface area contributed by atoms with Gasteiger partial charge in [-0.25, -0.2) is 9.97 Å². The fourth-order valence-corrected chi connectivity index (χ4v) is 10.9. The molecule has 0 saturated carbocycles. The van der Waals surface area contributed by atoms with Gasteiger partial charge in [0, 0.05) is 49.8 Å². The second kappa shape index (κ2) is 17.2. The van der Waals surface area contributed by atoms with Gasteiger partial charge in [-0.3, -0.25) is 0 Å². The highest BCUT2D eigenvalue weighted by Crippen LogP contribution is 2.56. The highest BCUT2D eigenvalue weighted by atomic mass is 16.5. The monoisotopic (exact) mass is 934 g/mol. The number of H-pyrrole nitrogens is 1. The lowest BCUT2D eigenvalue weighted by Gasteiger charge is -2.20. The summed E-state index contributed by atoms with van der Waals surface area (Å²) in [6, 6.07) is 61.3. The van der Waals surface area contributed by atoms with Gasteiger partial charge in [-0.15, -0.1) is 0 Å². The fraction of sp³-hybridized carbons (Fsp3) is 0.0625. The number of aromatic amines is 1. The predicted molar refractivity (Wildman–Crippen MR) is 296 cm³/mol. The molecule has 72 heavy (non-hydrogen) atoms. The SMILES string of the molecule is COc1ccc2ccccc2c1-c1c(-c2c(OC)ccc3ccccc23)c2c(-c3c(OC)ccc4ccccc34)c3nc(cc4ccc(cc5nc(cc1n2-c1c(OC)ccc2ccccc12)C=C5)[nH]4)C=C3. The highest BCUT2D eigenvalue weighted by molar-refractivity contribution is 6.22. The van der Waals surface area contributed by atoms with Crippen LogP contribution in [0.25, 0.3) is 129 Å². The third-order valence-corrected chi connectivity index (χ3v) is 14.1. The fourth-order valence-electron chi connectivity index (χ4n) is 10.9. The van der Waals surface area contributed by atoms with Gasteiger partial charge in [0.05, 0.1) is 67.9 Å². The number of hydrogen-bond donors (Lipinski definition) is 1. The molecule has 8 heteroatoms. The zero-order valence-corrected chi connectivity index (χ0v) is 40.0. The Labute approximate surface area is 415 Å². The molecular weight excluding hydrogens is 889 g/mol. The molecule has 13 rings (SSSR count). The average molecular weight is 935 g/mol. The van der Waals surface area contributed by atoms with E-state index >= 15 is 0 Å². The van der Waals surface area contributed by atoms with Crippen LogP contribution in [0.1, 0.15) is 22.8 Å². The number of hydrogen-bond acceptors (Lipinski definition) is 6. The Hall–Kier alpha value is -9.40. The molecule has 3 aromatic heterocycles. The molecule has 8 aromatic carbocycles. The lowest BCUT2D eigenvalue weighted by molar-refractivity contribution is 0.414. The number of rotatable bonds is 8. The van der Waals surface area contributed by atoms with E-state index in [9.17, 15) is 0 Å². The van der Waals surface area contributed by atoms with E-state index in [1.165, 1.54) is 0 Å². The molecule has 0 aliphatic carbocycles.